The molecule has 178 valence electrons. The monoisotopic (exact) mass is 463 g/mol. The lowest BCUT2D eigenvalue weighted by molar-refractivity contribution is -0.129. The van der Waals surface area contributed by atoms with Gasteiger partial charge in [0.15, 0.2) is 0 Å². The van der Waals surface area contributed by atoms with Crippen LogP contribution >= 0.6 is 0 Å². The first-order valence-corrected chi connectivity index (χ1v) is 11.7. The maximum absolute atomic E-state index is 13.8. The molecule has 3 aromatic heterocycles. The van der Waals surface area contributed by atoms with Crippen molar-refractivity contribution in [3.63, 3.8) is 0 Å². The Balaban J connectivity index is 1.42. The fraction of sp³-hybridized carbons (Fsp3) is 0.500. The van der Waals surface area contributed by atoms with Crippen LogP contribution in [0.1, 0.15) is 38.1 Å². The Morgan fingerprint density at radius 3 is 2.65 bits per heavy atom. The Hall–Kier alpha value is -3.56. The minimum atomic E-state index is -0.0982. The number of hydrogen-bond donors (Lipinski definition) is 1. The lowest BCUT2D eigenvalue weighted by Gasteiger charge is -2.62. The van der Waals surface area contributed by atoms with Gasteiger partial charge in [-0.25, -0.2) is 4.98 Å². The largest absolute Gasteiger partial charge is 0.478 e. The average Bonchev–Trinajstić information content (AvgIpc) is 3.30. The van der Waals surface area contributed by atoms with Gasteiger partial charge in [0.25, 0.3) is 11.4 Å². The molecule has 0 spiro atoms. The minimum absolute atomic E-state index is 0.00897. The van der Waals surface area contributed by atoms with Gasteiger partial charge in [0, 0.05) is 37.9 Å². The van der Waals surface area contributed by atoms with E-state index in [2.05, 4.69) is 26.5 Å². The van der Waals surface area contributed by atoms with Gasteiger partial charge in [-0.1, -0.05) is 6.58 Å². The number of fused-ring (bicyclic) bond motifs is 1. The third kappa shape index (κ3) is 2.87. The van der Waals surface area contributed by atoms with Gasteiger partial charge in [0.05, 0.1) is 25.3 Å². The van der Waals surface area contributed by atoms with Crippen molar-refractivity contribution in [3.05, 3.63) is 41.7 Å². The van der Waals surface area contributed by atoms with E-state index in [4.69, 9.17) is 4.74 Å². The number of hydrogen-bond acceptors (Lipinski definition) is 6. The van der Waals surface area contributed by atoms with Gasteiger partial charge in [0.1, 0.15) is 16.7 Å². The quantitative estimate of drug-likeness (QED) is 0.541. The van der Waals surface area contributed by atoms with E-state index in [0.717, 1.165) is 43.7 Å². The van der Waals surface area contributed by atoms with Crippen molar-refractivity contribution >= 4 is 28.3 Å². The molecule has 34 heavy (non-hydrogen) atoms. The number of nitrogens with zero attached hydrogens (tertiary/aromatic N) is 6. The van der Waals surface area contributed by atoms with Crippen molar-refractivity contribution in [2.75, 3.05) is 19.5 Å². The summed E-state index contributed by atoms with van der Waals surface area (Å²) in [6.07, 6.45) is 11.6. The molecular weight excluding hydrogens is 434 g/mol. The summed E-state index contributed by atoms with van der Waals surface area (Å²) in [4.78, 5) is 32.2. The van der Waals surface area contributed by atoms with Crippen molar-refractivity contribution < 1.29 is 9.53 Å². The number of carbonyl (C=O) groups is 1. The lowest BCUT2D eigenvalue weighted by Crippen LogP contribution is -2.59. The first-order valence-electron chi connectivity index (χ1n) is 11.7. The van der Waals surface area contributed by atoms with Crippen LogP contribution in [0, 0.1) is 5.92 Å². The van der Waals surface area contributed by atoms with Crippen molar-refractivity contribution in [1.29, 1.82) is 0 Å². The Kier molecular flexibility index (Phi) is 4.46. The summed E-state index contributed by atoms with van der Waals surface area (Å²) in [5.74, 6) is 1.16. The van der Waals surface area contributed by atoms with Crippen LogP contribution in [0.5, 0.6) is 5.88 Å². The average molecular weight is 464 g/mol. The maximum atomic E-state index is 13.8. The van der Waals surface area contributed by atoms with Gasteiger partial charge in [-0.3, -0.25) is 14.3 Å². The summed E-state index contributed by atoms with van der Waals surface area (Å²) in [7, 11) is 5.20. The third-order valence-corrected chi connectivity index (χ3v) is 8.05. The van der Waals surface area contributed by atoms with Crippen molar-refractivity contribution in [2.24, 2.45) is 13.0 Å². The zero-order chi connectivity index (χ0) is 23.8. The molecule has 7 rings (SSSR count). The summed E-state index contributed by atoms with van der Waals surface area (Å²) in [5, 5.41) is 7.74. The van der Waals surface area contributed by atoms with Gasteiger partial charge in [-0.05, 0) is 44.1 Å². The number of nitrogens with one attached hydrogen (secondary N) is 1. The Morgan fingerprint density at radius 2 is 2.03 bits per heavy atom. The molecule has 1 N–H and O–H groups in total. The van der Waals surface area contributed by atoms with Gasteiger partial charge < -0.3 is 24.1 Å². The predicted octanol–water partition coefficient (Wildman–Crippen LogP) is 2.54. The number of carbonyl (C=O) groups excluding carboxylic acids is 1. The topological polar surface area (TPSA) is 99.2 Å². The molecule has 0 aromatic carbocycles. The van der Waals surface area contributed by atoms with Crippen LogP contribution in [-0.4, -0.2) is 54.9 Å². The highest BCUT2D eigenvalue weighted by Gasteiger charge is 2.58. The Morgan fingerprint density at radius 1 is 1.29 bits per heavy atom. The minimum Gasteiger partial charge on any atom is -0.478 e. The number of pyridine rings is 1. The highest BCUT2D eigenvalue weighted by atomic mass is 16.5. The highest BCUT2D eigenvalue weighted by Crippen LogP contribution is 2.62. The molecule has 0 saturated heterocycles. The van der Waals surface area contributed by atoms with Gasteiger partial charge in [0.2, 0.25) is 5.91 Å². The molecule has 0 radical (unpaired) electrons. The molecule has 4 aliphatic carbocycles. The van der Waals surface area contributed by atoms with E-state index in [0.29, 0.717) is 22.6 Å². The molecule has 0 aliphatic heterocycles. The Labute approximate surface area is 196 Å². The third-order valence-electron chi connectivity index (χ3n) is 8.05. The first kappa shape index (κ1) is 21.0. The second kappa shape index (κ2) is 7.22. The molecule has 0 unspecified atom stereocenters. The smallest absolute Gasteiger partial charge is 0.277 e. The number of imidazole rings is 1. The summed E-state index contributed by atoms with van der Waals surface area (Å²) in [6.45, 7) is 3.58. The van der Waals surface area contributed by atoms with Crippen LogP contribution in [0.4, 0.5) is 11.4 Å². The molecule has 10 heteroatoms. The van der Waals surface area contributed by atoms with E-state index in [9.17, 15) is 9.59 Å². The molecule has 1 amide bonds. The molecule has 0 atom stereocenters. The van der Waals surface area contributed by atoms with Gasteiger partial charge in [-0.15, -0.1) is 5.10 Å². The molecule has 4 aliphatic rings. The molecule has 2 bridgehead atoms. The van der Waals surface area contributed by atoms with E-state index in [-0.39, 0.29) is 29.1 Å². The molecule has 10 nitrogen and oxygen atoms in total. The number of aromatic nitrogens is 5. The number of likely N-dealkylation sites (N-methyl/N-ethyl adjacent to an activating group) is 1. The zero-order valence-corrected chi connectivity index (χ0v) is 19.7. The molecule has 4 fully saturated rings. The lowest BCUT2D eigenvalue weighted by atomic mass is 9.49. The fourth-order valence-corrected chi connectivity index (χ4v) is 5.86. The number of anilines is 2. The first-order chi connectivity index (χ1) is 16.3. The summed E-state index contributed by atoms with van der Waals surface area (Å²) in [6, 6.07) is 0.102. The second-order valence-electron chi connectivity index (χ2n) is 10.1. The maximum Gasteiger partial charge on any atom is 0.277 e. The Bertz CT molecular complexity index is 1360. The standard InChI is InChI=1S/C24H29N7O3/c1-5-19(32)29(3)15-6-16(7-15)30-12-17(26-18-11-28(2)27-22(18)34-4)20-21(23(30)33)31(13-25-20)24-8-14(9-24)10-24/h5,11-16,26H,1,6-10H2,2-4H3. The van der Waals surface area contributed by atoms with Crippen molar-refractivity contribution in [1.82, 2.24) is 28.8 Å². The van der Waals surface area contributed by atoms with E-state index >= 15 is 0 Å². The summed E-state index contributed by atoms with van der Waals surface area (Å²) in [5.41, 5.74) is 2.77. The number of amides is 1. The molecule has 4 saturated carbocycles. The fourth-order valence-electron chi connectivity index (χ4n) is 5.86. The van der Waals surface area contributed by atoms with Crippen LogP contribution < -0.4 is 15.6 Å². The van der Waals surface area contributed by atoms with Crippen LogP contribution in [-0.2, 0) is 17.4 Å². The number of ether oxygens (including phenoxy) is 1. The summed E-state index contributed by atoms with van der Waals surface area (Å²) < 4.78 is 11.0. The van der Waals surface area contributed by atoms with E-state index < -0.39 is 0 Å². The highest BCUT2D eigenvalue weighted by molar-refractivity contribution is 5.90. The van der Waals surface area contributed by atoms with Crippen LogP contribution in [0.25, 0.3) is 11.0 Å². The second-order valence-corrected chi connectivity index (χ2v) is 10.1. The summed E-state index contributed by atoms with van der Waals surface area (Å²) >= 11 is 0. The van der Waals surface area contributed by atoms with Crippen molar-refractivity contribution in [3.8, 4) is 5.88 Å². The zero-order valence-electron chi connectivity index (χ0n) is 19.7. The predicted molar refractivity (Wildman–Crippen MR) is 127 cm³/mol. The normalized spacial score (nSPS) is 26.9. The van der Waals surface area contributed by atoms with Crippen molar-refractivity contribution in [2.45, 2.75) is 49.7 Å². The SMILES string of the molecule is C=CC(=O)N(C)C1CC(n2cc(Nc3cn(C)nc3OC)c3ncn(C45CC(C4)C5)c3c2=O)C1. The van der Waals surface area contributed by atoms with E-state index in [1.807, 2.05) is 30.3 Å². The van der Waals surface area contributed by atoms with Gasteiger partial charge >= 0.3 is 0 Å². The number of rotatable bonds is 7. The van der Waals surface area contributed by atoms with Crippen LogP contribution in [0.15, 0.2) is 36.2 Å². The van der Waals surface area contributed by atoms with Gasteiger partial charge in [-0.2, -0.15) is 0 Å². The molecule has 3 aromatic rings. The van der Waals surface area contributed by atoms with E-state index in [1.165, 1.54) is 6.08 Å². The number of aryl methyl sites for hydroxylation is 1. The van der Waals surface area contributed by atoms with Crippen LogP contribution in [0.3, 0.4) is 0 Å². The van der Waals surface area contributed by atoms with Crippen LogP contribution in [0.2, 0.25) is 0 Å². The van der Waals surface area contributed by atoms with E-state index in [1.54, 1.807) is 23.7 Å². The number of methoxy groups -OCH3 is 1. The molecule has 3 heterocycles. The molecular formula is C24H29N7O3.